The van der Waals surface area contributed by atoms with Gasteiger partial charge in [-0.2, -0.15) is 5.26 Å². The van der Waals surface area contributed by atoms with Crippen LogP contribution in [0.15, 0.2) is 42.6 Å². The van der Waals surface area contributed by atoms with Crippen molar-refractivity contribution in [3.05, 3.63) is 59.5 Å². The summed E-state index contributed by atoms with van der Waals surface area (Å²) in [6.07, 6.45) is 2.81. The lowest BCUT2D eigenvalue weighted by Gasteiger charge is -2.34. The van der Waals surface area contributed by atoms with Crippen LogP contribution in [0.3, 0.4) is 0 Å². The Kier molecular flexibility index (Phi) is 6.59. The molecule has 7 nitrogen and oxygen atoms in total. The smallest absolute Gasteiger partial charge is 0.223 e. The third-order valence-electron chi connectivity index (χ3n) is 6.02. The van der Waals surface area contributed by atoms with Gasteiger partial charge >= 0.3 is 0 Å². The van der Waals surface area contributed by atoms with Crippen molar-refractivity contribution < 1.29 is 18.7 Å². The molecule has 1 aliphatic heterocycles. The van der Waals surface area contributed by atoms with E-state index in [2.05, 4.69) is 21.3 Å². The second-order valence-electron chi connectivity index (χ2n) is 7.96. The van der Waals surface area contributed by atoms with Gasteiger partial charge in [0.2, 0.25) is 5.91 Å². The zero-order valence-corrected chi connectivity index (χ0v) is 18.6. The Hall–Kier alpha value is -3.86. The number of nitrogens with one attached hydrogen (secondary N) is 1. The van der Waals surface area contributed by atoms with Gasteiger partial charge in [0, 0.05) is 37.1 Å². The highest BCUT2D eigenvalue weighted by atomic mass is 19.1. The number of benzene rings is 2. The molecule has 4 rings (SSSR count). The maximum Gasteiger partial charge on any atom is 0.223 e. The second kappa shape index (κ2) is 9.74. The highest BCUT2D eigenvalue weighted by molar-refractivity contribution is 5.94. The summed E-state index contributed by atoms with van der Waals surface area (Å²) in [6.45, 7) is 1.59. The summed E-state index contributed by atoms with van der Waals surface area (Å²) in [6, 6.07) is 12.1. The van der Waals surface area contributed by atoms with Crippen LogP contribution in [0.4, 0.5) is 10.1 Å². The molecule has 0 atom stereocenters. The second-order valence-corrected chi connectivity index (χ2v) is 7.96. The minimum atomic E-state index is -0.370. The number of hydrogen-bond acceptors (Lipinski definition) is 6. The molecule has 2 aromatic carbocycles. The Bertz CT molecular complexity index is 1220. The molecule has 0 saturated carbocycles. The van der Waals surface area contributed by atoms with E-state index in [0.29, 0.717) is 66.1 Å². The number of methoxy groups -OCH3 is 2. The normalized spacial score (nSPS) is 14.1. The minimum Gasteiger partial charge on any atom is -0.493 e. The van der Waals surface area contributed by atoms with Crippen molar-refractivity contribution in [3.63, 3.8) is 0 Å². The Morgan fingerprint density at radius 1 is 1.18 bits per heavy atom. The van der Waals surface area contributed by atoms with E-state index in [1.54, 1.807) is 20.3 Å². The number of piperidine rings is 1. The van der Waals surface area contributed by atoms with Gasteiger partial charge in [0.1, 0.15) is 11.9 Å². The van der Waals surface area contributed by atoms with Gasteiger partial charge in [-0.3, -0.25) is 9.78 Å². The van der Waals surface area contributed by atoms with E-state index in [1.807, 2.05) is 18.2 Å². The average Bonchev–Trinajstić information content (AvgIpc) is 2.86. The Labute approximate surface area is 191 Å². The molecule has 2 heterocycles. The van der Waals surface area contributed by atoms with Crippen molar-refractivity contribution in [2.24, 2.45) is 5.92 Å². The number of carbonyl (C=O) groups is 1. The molecule has 0 radical (unpaired) electrons. The molecule has 3 aromatic rings. The van der Waals surface area contributed by atoms with Crippen LogP contribution < -0.4 is 19.7 Å². The fourth-order valence-corrected chi connectivity index (χ4v) is 4.26. The predicted octanol–water partition coefficient (Wildman–Crippen LogP) is 3.80. The molecule has 0 unspecified atom stereocenters. The first-order chi connectivity index (χ1) is 16.0. The van der Waals surface area contributed by atoms with Crippen molar-refractivity contribution in [1.82, 2.24) is 10.3 Å². The van der Waals surface area contributed by atoms with Crippen LogP contribution in [-0.4, -0.2) is 38.2 Å². The van der Waals surface area contributed by atoms with Crippen LogP contribution in [0.2, 0.25) is 0 Å². The van der Waals surface area contributed by atoms with Crippen molar-refractivity contribution in [2.45, 2.75) is 19.4 Å². The number of nitrogens with zero attached hydrogens (tertiary/aromatic N) is 3. The molecule has 1 aliphatic rings. The zero-order chi connectivity index (χ0) is 23.4. The fourth-order valence-electron chi connectivity index (χ4n) is 4.26. The SMILES string of the molecule is COc1ccc(CNC(=O)C2CCN(c3c(C#N)cnc4ccc(F)cc34)CC2)cc1OC. The molecule has 0 aliphatic carbocycles. The monoisotopic (exact) mass is 448 g/mol. The topological polar surface area (TPSA) is 87.5 Å². The molecule has 0 bridgehead atoms. The van der Waals surface area contributed by atoms with Crippen molar-refractivity contribution in [3.8, 4) is 17.6 Å². The van der Waals surface area contributed by atoms with E-state index < -0.39 is 0 Å². The number of anilines is 1. The minimum absolute atomic E-state index is 0.00410. The third-order valence-corrected chi connectivity index (χ3v) is 6.02. The first-order valence-electron chi connectivity index (χ1n) is 10.8. The highest BCUT2D eigenvalue weighted by Crippen LogP contribution is 2.33. The molecule has 1 N–H and O–H groups in total. The summed E-state index contributed by atoms with van der Waals surface area (Å²) in [5, 5.41) is 13.2. The largest absolute Gasteiger partial charge is 0.493 e. The fraction of sp³-hybridized carbons (Fsp3) is 0.320. The van der Waals surface area contributed by atoms with Crippen LogP contribution in [0.25, 0.3) is 10.9 Å². The van der Waals surface area contributed by atoms with Crippen LogP contribution in [0, 0.1) is 23.1 Å². The molecule has 0 spiro atoms. The number of aromatic nitrogens is 1. The quantitative estimate of drug-likeness (QED) is 0.617. The lowest BCUT2D eigenvalue weighted by Crippen LogP contribution is -2.40. The summed E-state index contributed by atoms with van der Waals surface area (Å²) < 4.78 is 24.5. The molecule has 33 heavy (non-hydrogen) atoms. The highest BCUT2D eigenvalue weighted by Gasteiger charge is 2.27. The van der Waals surface area contributed by atoms with Gasteiger partial charge in [-0.05, 0) is 48.7 Å². The molecule has 1 aromatic heterocycles. The Morgan fingerprint density at radius 2 is 1.94 bits per heavy atom. The lowest BCUT2D eigenvalue weighted by molar-refractivity contribution is -0.125. The van der Waals surface area contributed by atoms with E-state index in [0.717, 1.165) is 5.56 Å². The third kappa shape index (κ3) is 4.67. The standard InChI is InChI=1S/C25H25FN4O3/c1-32-22-6-3-16(11-23(22)33-2)14-29-25(31)17-7-9-30(10-8-17)24-18(13-27)15-28-21-5-4-19(26)12-20(21)24/h3-6,11-12,15,17H,7-10,14H2,1-2H3,(H,29,31). The molecule has 8 heteroatoms. The average molecular weight is 448 g/mol. The van der Waals surface area contributed by atoms with E-state index in [-0.39, 0.29) is 17.6 Å². The van der Waals surface area contributed by atoms with Gasteiger partial charge < -0.3 is 19.7 Å². The lowest BCUT2D eigenvalue weighted by atomic mass is 9.94. The summed E-state index contributed by atoms with van der Waals surface area (Å²) in [5.41, 5.74) is 2.65. The molecule has 170 valence electrons. The van der Waals surface area contributed by atoms with Gasteiger partial charge in [0.05, 0.1) is 31.0 Å². The van der Waals surface area contributed by atoms with E-state index >= 15 is 0 Å². The van der Waals surface area contributed by atoms with Crippen molar-refractivity contribution in [1.29, 1.82) is 5.26 Å². The van der Waals surface area contributed by atoms with Crippen molar-refractivity contribution >= 4 is 22.5 Å². The first-order valence-corrected chi connectivity index (χ1v) is 10.8. The van der Waals surface area contributed by atoms with Crippen LogP contribution >= 0.6 is 0 Å². The maximum absolute atomic E-state index is 13.9. The number of amides is 1. The summed E-state index contributed by atoms with van der Waals surface area (Å²) >= 11 is 0. The van der Waals surface area contributed by atoms with Gasteiger partial charge in [-0.25, -0.2) is 4.39 Å². The van der Waals surface area contributed by atoms with Gasteiger partial charge in [-0.1, -0.05) is 6.07 Å². The number of pyridine rings is 1. The number of carbonyl (C=O) groups excluding carboxylic acids is 1. The number of halogens is 1. The number of nitriles is 1. The number of hydrogen-bond donors (Lipinski definition) is 1. The molecule has 1 amide bonds. The molecular formula is C25H25FN4O3. The number of fused-ring (bicyclic) bond motifs is 1. The zero-order valence-electron chi connectivity index (χ0n) is 18.6. The van der Waals surface area contributed by atoms with Crippen LogP contribution in [0.1, 0.15) is 24.0 Å². The molecule has 1 fully saturated rings. The van der Waals surface area contributed by atoms with Crippen LogP contribution in [0.5, 0.6) is 11.5 Å². The van der Waals surface area contributed by atoms with E-state index in [1.165, 1.54) is 18.3 Å². The summed E-state index contributed by atoms with van der Waals surface area (Å²) in [7, 11) is 3.16. The van der Waals surface area contributed by atoms with Crippen LogP contribution in [-0.2, 0) is 11.3 Å². The molecule has 1 saturated heterocycles. The number of ether oxygens (including phenoxy) is 2. The van der Waals surface area contributed by atoms with Crippen molar-refractivity contribution in [2.75, 3.05) is 32.2 Å². The maximum atomic E-state index is 13.9. The molecular weight excluding hydrogens is 423 g/mol. The summed E-state index contributed by atoms with van der Waals surface area (Å²) in [5.74, 6) is 0.754. The Balaban J connectivity index is 1.42. The first kappa shape index (κ1) is 22.3. The van der Waals surface area contributed by atoms with E-state index in [4.69, 9.17) is 9.47 Å². The Morgan fingerprint density at radius 3 is 2.64 bits per heavy atom. The van der Waals surface area contributed by atoms with Gasteiger partial charge in [0.15, 0.2) is 11.5 Å². The van der Waals surface area contributed by atoms with Gasteiger partial charge in [0.25, 0.3) is 0 Å². The van der Waals surface area contributed by atoms with Gasteiger partial charge in [-0.15, -0.1) is 0 Å². The number of rotatable bonds is 6. The predicted molar refractivity (Wildman–Crippen MR) is 123 cm³/mol. The summed E-state index contributed by atoms with van der Waals surface area (Å²) in [4.78, 5) is 19.1. The van der Waals surface area contributed by atoms with E-state index in [9.17, 15) is 14.4 Å².